The van der Waals surface area contributed by atoms with E-state index in [0.717, 1.165) is 11.1 Å². The zero-order chi connectivity index (χ0) is 12.1. The molecular weight excluding hydrogens is 210 g/mol. The zero-order valence-electron chi connectivity index (χ0n) is 9.63. The van der Waals surface area contributed by atoms with Crippen molar-refractivity contribution in [3.8, 4) is 0 Å². The molecule has 2 nitrogen and oxygen atoms in total. The van der Waals surface area contributed by atoms with Crippen LogP contribution in [0, 0.1) is 6.92 Å². The van der Waals surface area contributed by atoms with Crippen molar-refractivity contribution in [1.29, 1.82) is 0 Å². The van der Waals surface area contributed by atoms with E-state index in [1.165, 1.54) is 0 Å². The summed E-state index contributed by atoms with van der Waals surface area (Å²) in [5.41, 5.74) is 2.70. The normalized spacial score (nSPS) is 10.6. The van der Waals surface area contributed by atoms with Gasteiger partial charge >= 0.3 is 0 Å². The topological polar surface area (TPSA) is 29.4 Å². The second-order valence-corrected chi connectivity index (χ2v) is 3.84. The molecule has 2 aromatic rings. The summed E-state index contributed by atoms with van der Waals surface area (Å²) in [5.74, 6) is -0.216. The quantitative estimate of drug-likeness (QED) is 0.718. The minimum Gasteiger partial charge on any atom is -0.267 e. The third-order valence-corrected chi connectivity index (χ3v) is 2.39. The molecule has 0 radical (unpaired) electrons. The molecular formula is C15H13NO. The third kappa shape index (κ3) is 3.11. The summed E-state index contributed by atoms with van der Waals surface area (Å²) in [4.78, 5) is 15.6. The van der Waals surface area contributed by atoms with Crippen LogP contribution in [-0.4, -0.2) is 12.1 Å². The number of aryl methyl sites for hydroxylation is 1. The lowest BCUT2D eigenvalue weighted by molar-refractivity contribution is 0.100. The van der Waals surface area contributed by atoms with Gasteiger partial charge in [-0.1, -0.05) is 48.0 Å². The Morgan fingerprint density at radius 3 is 2.53 bits per heavy atom. The minimum absolute atomic E-state index is 0.216. The first-order valence-corrected chi connectivity index (χ1v) is 5.46. The maximum Gasteiger partial charge on any atom is 0.276 e. The smallest absolute Gasteiger partial charge is 0.267 e. The second-order valence-electron chi connectivity index (χ2n) is 3.84. The van der Waals surface area contributed by atoms with E-state index in [-0.39, 0.29) is 5.91 Å². The maximum atomic E-state index is 11.7. The molecule has 0 aliphatic heterocycles. The van der Waals surface area contributed by atoms with E-state index in [0.29, 0.717) is 5.56 Å². The Bertz CT molecular complexity index is 544. The van der Waals surface area contributed by atoms with Crippen molar-refractivity contribution in [2.45, 2.75) is 6.92 Å². The van der Waals surface area contributed by atoms with Crippen LogP contribution in [0.5, 0.6) is 0 Å². The van der Waals surface area contributed by atoms with Crippen molar-refractivity contribution < 1.29 is 4.79 Å². The van der Waals surface area contributed by atoms with Gasteiger partial charge in [0.2, 0.25) is 0 Å². The molecule has 2 heteroatoms. The molecule has 2 rings (SSSR count). The van der Waals surface area contributed by atoms with Gasteiger partial charge in [-0.25, -0.2) is 4.99 Å². The van der Waals surface area contributed by atoms with E-state index in [4.69, 9.17) is 0 Å². The van der Waals surface area contributed by atoms with Gasteiger partial charge in [0.1, 0.15) is 0 Å². The molecule has 17 heavy (non-hydrogen) atoms. The fraction of sp³-hybridized carbons (Fsp3) is 0.0667. The highest BCUT2D eigenvalue weighted by molar-refractivity contribution is 6.01. The van der Waals surface area contributed by atoms with Gasteiger partial charge in [-0.05, 0) is 24.6 Å². The van der Waals surface area contributed by atoms with Gasteiger partial charge in [0.15, 0.2) is 0 Å². The molecule has 0 bridgehead atoms. The summed E-state index contributed by atoms with van der Waals surface area (Å²) in [7, 11) is 0. The molecule has 0 aliphatic rings. The van der Waals surface area contributed by atoms with Gasteiger partial charge in [-0.3, -0.25) is 4.79 Å². The van der Waals surface area contributed by atoms with Crippen LogP contribution in [0.2, 0.25) is 0 Å². The summed E-state index contributed by atoms with van der Waals surface area (Å²) >= 11 is 0. The Morgan fingerprint density at radius 1 is 1.06 bits per heavy atom. The van der Waals surface area contributed by atoms with Gasteiger partial charge < -0.3 is 0 Å². The van der Waals surface area contributed by atoms with Gasteiger partial charge in [0.05, 0.1) is 0 Å². The Morgan fingerprint density at radius 2 is 1.82 bits per heavy atom. The Kier molecular flexibility index (Phi) is 3.46. The predicted molar refractivity (Wildman–Crippen MR) is 69.5 cm³/mol. The maximum absolute atomic E-state index is 11.7. The number of rotatable bonds is 2. The summed E-state index contributed by atoms with van der Waals surface area (Å²) in [5, 5.41) is 0. The molecule has 0 saturated heterocycles. The molecule has 1 amide bonds. The summed E-state index contributed by atoms with van der Waals surface area (Å²) in [6.07, 6.45) is 1.60. The molecule has 0 spiro atoms. The highest BCUT2D eigenvalue weighted by Gasteiger charge is 2.00. The van der Waals surface area contributed by atoms with Gasteiger partial charge in [-0.15, -0.1) is 0 Å². The lowest BCUT2D eigenvalue weighted by atomic mass is 10.1. The van der Waals surface area contributed by atoms with E-state index >= 15 is 0 Å². The number of hydrogen-bond donors (Lipinski definition) is 0. The fourth-order valence-electron chi connectivity index (χ4n) is 1.54. The summed E-state index contributed by atoms with van der Waals surface area (Å²) < 4.78 is 0. The van der Waals surface area contributed by atoms with Gasteiger partial charge in [-0.2, -0.15) is 0 Å². The second kappa shape index (κ2) is 5.21. The standard InChI is InChI=1S/C15H13NO/c1-12-6-5-7-13(10-12)11-16-15(17)14-8-3-2-4-9-14/h2-11H,1H3. The molecule has 0 aromatic heterocycles. The summed E-state index contributed by atoms with van der Waals surface area (Å²) in [6, 6.07) is 16.9. The molecule has 0 N–H and O–H groups in total. The van der Waals surface area contributed by atoms with Gasteiger partial charge in [0.25, 0.3) is 5.91 Å². The van der Waals surface area contributed by atoms with Crippen molar-refractivity contribution in [1.82, 2.24) is 0 Å². The number of hydrogen-bond acceptors (Lipinski definition) is 1. The average Bonchev–Trinajstić information content (AvgIpc) is 2.37. The van der Waals surface area contributed by atoms with Crippen LogP contribution < -0.4 is 0 Å². The first kappa shape index (κ1) is 11.3. The molecule has 2 aromatic carbocycles. The number of carbonyl (C=O) groups is 1. The van der Waals surface area contributed by atoms with Crippen LogP contribution in [0.4, 0.5) is 0 Å². The Balaban J connectivity index is 2.14. The van der Waals surface area contributed by atoms with Gasteiger partial charge in [0, 0.05) is 11.8 Å². The monoisotopic (exact) mass is 223 g/mol. The molecule has 0 saturated carbocycles. The van der Waals surface area contributed by atoms with E-state index in [2.05, 4.69) is 4.99 Å². The molecule has 0 unspecified atom stereocenters. The van der Waals surface area contributed by atoms with Crippen molar-refractivity contribution in [2.24, 2.45) is 4.99 Å². The lowest BCUT2D eigenvalue weighted by Crippen LogP contribution is -1.95. The fourth-order valence-corrected chi connectivity index (χ4v) is 1.54. The van der Waals surface area contributed by atoms with E-state index < -0.39 is 0 Å². The first-order valence-electron chi connectivity index (χ1n) is 5.46. The van der Waals surface area contributed by atoms with Crippen molar-refractivity contribution >= 4 is 12.1 Å². The number of nitrogens with zero attached hydrogens (tertiary/aromatic N) is 1. The van der Waals surface area contributed by atoms with Crippen LogP contribution in [0.25, 0.3) is 0 Å². The van der Waals surface area contributed by atoms with Crippen LogP contribution >= 0.6 is 0 Å². The Hall–Kier alpha value is -2.22. The number of aliphatic imine (C=N–C) groups is 1. The molecule has 0 fully saturated rings. The first-order chi connectivity index (χ1) is 8.25. The van der Waals surface area contributed by atoms with Crippen LogP contribution in [0.3, 0.4) is 0 Å². The minimum atomic E-state index is -0.216. The summed E-state index contributed by atoms with van der Waals surface area (Å²) in [6.45, 7) is 2.01. The third-order valence-electron chi connectivity index (χ3n) is 2.39. The molecule has 0 atom stereocenters. The van der Waals surface area contributed by atoms with E-state index in [9.17, 15) is 4.79 Å². The highest BCUT2D eigenvalue weighted by Crippen LogP contribution is 2.03. The zero-order valence-corrected chi connectivity index (χ0v) is 9.63. The van der Waals surface area contributed by atoms with Crippen LogP contribution in [0.15, 0.2) is 59.6 Å². The van der Waals surface area contributed by atoms with E-state index in [1.54, 1.807) is 18.3 Å². The van der Waals surface area contributed by atoms with Crippen molar-refractivity contribution in [3.05, 3.63) is 71.3 Å². The highest BCUT2D eigenvalue weighted by atomic mass is 16.1. The predicted octanol–water partition coefficient (Wildman–Crippen LogP) is 3.25. The number of benzene rings is 2. The van der Waals surface area contributed by atoms with Crippen LogP contribution in [-0.2, 0) is 0 Å². The van der Waals surface area contributed by atoms with Crippen molar-refractivity contribution in [3.63, 3.8) is 0 Å². The molecule has 84 valence electrons. The average molecular weight is 223 g/mol. The molecule has 0 aliphatic carbocycles. The van der Waals surface area contributed by atoms with E-state index in [1.807, 2.05) is 49.4 Å². The van der Waals surface area contributed by atoms with Crippen LogP contribution in [0.1, 0.15) is 21.5 Å². The van der Waals surface area contributed by atoms with Crippen molar-refractivity contribution in [2.75, 3.05) is 0 Å². The number of amides is 1. The number of carbonyl (C=O) groups excluding carboxylic acids is 1. The molecule has 0 heterocycles. The lowest BCUT2D eigenvalue weighted by Gasteiger charge is -1.96. The largest absolute Gasteiger partial charge is 0.276 e. The SMILES string of the molecule is Cc1cccc(C=NC(=O)c2ccccc2)c1. The Labute approximate surface area is 101 Å².